The minimum atomic E-state index is 0.0205. The molecule has 2 aromatic rings. The van der Waals surface area contributed by atoms with Crippen molar-refractivity contribution in [3.63, 3.8) is 0 Å². The zero-order valence-corrected chi connectivity index (χ0v) is 8.77. The van der Waals surface area contributed by atoms with Gasteiger partial charge < -0.3 is 10.2 Å². The van der Waals surface area contributed by atoms with Gasteiger partial charge in [0.1, 0.15) is 5.75 Å². The molecule has 0 aliphatic heterocycles. The van der Waals surface area contributed by atoms with Crippen LogP contribution in [0, 0.1) is 0 Å². The maximum Gasteiger partial charge on any atom is 0.137 e. The molecule has 0 spiro atoms. The van der Waals surface area contributed by atoms with E-state index in [9.17, 15) is 5.11 Å². The van der Waals surface area contributed by atoms with E-state index in [1.54, 1.807) is 11.3 Å². The fraction of sp³-hybridized carbons (Fsp3) is 0.273. The van der Waals surface area contributed by atoms with Crippen LogP contribution in [-0.4, -0.2) is 10.2 Å². The summed E-state index contributed by atoms with van der Waals surface area (Å²) in [6, 6.07) is 5.68. The third-order valence-electron chi connectivity index (χ3n) is 2.30. The highest BCUT2D eigenvalue weighted by atomic mass is 32.1. The van der Waals surface area contributed by atoms with E-state index < -0.39 is 0 Å². The lowest BCUT2D eigenvalue weighted by atomic mass is 10.1. The first kappa shape index (κ1) is 9.49. The number of rotatable bonds is 2. The van der Waals surface area contributed by atoms with E-state index in [2.05, 4.69) is 0 Å². The molecule has 74 valence electrons. The number of aliphatic hydroxyl groups excluding tert-OH is 1. The normalized spacial score (nSPS) is 11.0. The van der Waals surface area contributed by atoms with Gasteiger partial charge in [0.15, 0.2) is 0 Å². The zero-order valence-electron chi connectivity index (χ0n) is 7.95. The lowest BCUT2D eigenvalue weighted by Crippen LogP contribution is -1.80. The molecule has 14 heavy (non-hydrogen) atoms. The lowest BCUT2D eigenvalue weighted by molar-refractivity contribution is 0.282. The van der Waals surface area contributed by atoms with Crippen LogP contribution in [0.5, 0.6) is 5.75 Å². The predicted molar refractivity (Wildman–Crippen MR) is 58.8 cm³/mol. The van der Waals surface area contributed by atoms with Crippen LogP contribution in [0.2, 0.25) is 0 Å². The van der Waals surface area contributed by atoms with E-state index in [-0.39, 0.29) is 6.61 Å². The van der Waals surface area contributed by atoms with Crippen LogP contribution in [-0.2, 0) is 13.0 Å². The summed E-state index contributed by atoms with van der Waals surface area (Å²) in [5, 5.41) is 19.7. The Morgan fingerprint density at radius 1 is 1.36 bits per heavy atom. The summed E-state index contributed by atoms with van der Waals surface area (Å²) in [5.41, 5.74) is 0.841. The van der Waals surface area contributed by atoms with Crippen molar-refractivity contribution in [2.45, 2.75) is 20.0 Å². The third kappa shape index (κ3) is 1.38. The number of thiophene rings is 1. The predicted octanol–water partition coefficient (Wildman–Crippen LogP) is 2.66. The Kier molecular flexibility index (Phi) is 2.44. The molecule has 3 heteroatoms. The minimum Gasteiger partial charge on any atom is -0.506 e. The van der Waals surface area contributed by atoms with Crippen LogP contribution in [0.3, 0.4) is 0 Å². The number of aryl methyl sites for hydroxylation is 1. The lowest BCUT2D eigenvalue weighted by Gasteiger charge is -1.96. The van der Waals surface area contributed by atoms with Gasteiger partial charge in [0.2, 0.25) is 0 Å². The Morgan fingerprint density at radius 2 is 2.14 bits per heavy atom. The van der Waals surface area contributed by atoms with Crippen molar-refractivity contribution in [3.05, 3.63) is 28.6 Å². The molecular formula is C11H12O2S. The second-order valence-electron chi connectivity index (χ2n) is 3.22. The zero-order chi connectivity index (χ0) is 10.1. The molecule has 0 unspecified atom stereocenters. The Bertz CT molecular complexity index is 460. The maximum absolute atomic E-state index is 9.84. The van der Waals surface area contributed by atoms with Crippen molar-refractivity contribution in [1.82, 2.24) is 0 Å². The first-order valence-electron chi connectivity index (χ1n) is 4.60. The molecule has 0 bridgehead atoms. The van der Waals surface area contributed by atoms with Gasteiger partial charge >= 0.3 is 0 Å². The van der Waals surface area contributed by atoms with Gasteiger partial charge in [-0.3, -0.25) is 0 Å². The number of aliphatic hydroxyl groups is 1. The first-order valence-corrected chi connectivity index (χ1v) is 5.42. The average Bonchev–Trinajstić information content (AvgIpc) is 2.55. The van der Waals surface area contributed by atoms with Gasteiger partial charge in [0.25, 0.3) is 0 Å². The van der Waals surface area contributed by atoms with Crippen molar-refractivity contribution >= 4 is 21.4 Å². The second kappa shape index (κ2) is 3.59. The van der Waals surface area contributed by atoms with E-state index in [1.807, 2.05) is 25.1 Å². The standard InChI is InChI=1S/C11H12O2S/c1-2-9-11(13)8-5-7(6-12)3-4-10(8)14-9/h3-5,12-13H,2,6H2,1H3. The number of benzene rings is 1. The summed E-state index contributed by atoms with van der Waals surface area (Å²) in [5.74, 6) is 0.378. The average molecular weight is 208 g/mol. The van der Waals surface area contributed by atoms with E-state index in [4.69, 9.17) is 5.11 Å². The smallest absolute Gasteiger partial charge is 0.137 e. The molecule has 0 atom stereocenters. The largest absolute Gasteiger partial charge is 0.506 e. The van der Waals surface area contributed by atoms with Gasteiger partial charge in [-0.05, 0) is 24.1 Å². The molecular weight excluding hydrogens is 196 g/mol. The summed E-state index contributed by atoms with van der Waals surface area (Å²) >= 11 is 1.61. The molecule has 0 saturated carbocycles. The Morgan fingerprint density at radius 3 is 2.79 bits per heavy atom. The fourth-order valence-electron chi connectivity index (χ4n) is 1.52. The summed E-state index contributed by atoms with van der Waals surface area (Å²) in [6.07, 6.45) is 0.847. The van der Waals surface area contributed by atoms with Crippen LogP contribution in [0.25, 0.3) is 10.1 Å². The van der Waals surface area contributed by atoms with E-state index in [0.717, 1.165) is 26.9 Å². The van der Waals surface area contributed by atoms with E-state index in [0.29, 0.717) is 5.75 Å². The third-order valence-corrected chi connectivity index (χ3v) is 3.60. The summed E-state index contributed by atoms with van der Waals surface area (Å²) < 4.78 is 1.08. The van der Waals surface area contributed by atoms with Crippen LogP contribution < -0.4 is 0 Å². The number of hydrogen-bond acceptors (Lipinski definition) is 3. The fourth-order valence-corrected chi connectivity index (χ4v) is 2.54. The monoisotopic (exact) mass is 208 g/mol. The Labute approximate surface area is 86.4 Å². The molecule has 0 aliphatic carbocycles. The second-order valence-corrected chi connectivity index (χ2v) is 4.35. The number of aromatic hydroxyl groups is 1. The highest BCUT2D eigenvalue weighted by Crippen LogP contribution is 2.37. The van der Waals surface area contributed by atoms with Crippen LogP contribution in [0.15, 0.2) is 18.2 Å². The quantitative estimate of drug-likeness (QED) is 0.796. The van der Waals surface area contributed by atoms with Crippen LogP contribution in [0.1, 0.15) is 17.4 Å². The highest BCUT2D eigenvalue weighted by molar-refractivity contribution is 7.19. The maximum atomic E-state index is 9.84. The molecule has 0 aliphatic rings. The molecule has 2 nitrogen and oxygen atoms in total. The van der Waals surface area contributed by atoms with Crippen molar-refractivity contribution in [3.8, 4) is 5.75 Å². The summed E-state index contributed by atoms with van der Waals surface area (Å²) in [6.45, 7) is 2.05. The van der Waals surface area contributed by atoms with Gasteiger partial charge in [0, 0.05) is 15.0 Å². The Balaban J connectivity index is 2.68. The van der Waals surface area contributed by atoms with Crippen molar-refractivity contribution in [2.75, 3.05) is 0 Å². The topological polar surface area (TPSA) is 40.5 Å². The van der Waals surface area contributed by atoms with Gasteiger partial charge in [-0.25, -0.2) is 0 Å². The summed E-state index contributed by atoms with van der Waals surface area (Å²) in [4.78, 5) is 1.01. The SMILES string of the molecule is CCc1sc2ccc(CO)cc2c1O. The molecule has 1 aromatic heterocycles. The first-order chi connectivity index (χ1) is 6.76. The minimum absolute atomic E-state index is 0.0205. The van der Waals surface area contributed by atoms with Crippen molar-refractivity contribution in [2.24, 2.45) is 0 Å². The molecule has 1 heterocycles. The van der Waals surface area contributed by atoms with Crippen molar-refractivity contribution < 1.29 is 10.2 Å². The Hall–Kier alpha value is -1.06. The molecule has 0 amide bonds. The molecule has 0 saturated heterocycles. The van der Waals surface area contributed by atoms with Gasteiger partial charge in [0.05, 0.1) is 6.61 Å². The molecule has 0 radical (unpaired) electrons. The van der Waals surface area contributed by atoms with Gasteiger partial charge in [-0.2, -0.15) is 0 Å². The van der Waals surface area contributed by atoms with Gasteiger partial charge in [-0.1, -0.05) is 13.0 Å². The molecule has 0 fully saturated rings. The summed E-state index contributed by atoms with van der Waals surface area (Å²) in [7, 11) is 0. The molecule has 2 N–H and O–H groups in total. The van der Waals surface area contributed by atoms with Gasteiger partial charge in [-0.15, -0.1) is 11.3 Å². The molecule has 1 aromatic carbocycles. The van der Waals surface area contributed by atoms with E-state index in [1.165, 1.54) is 0 Å². The number of fused-ring (bicyclic) bond motifs is 1. The van der Waals surface area contributed by atoms with E-state index >= 15 is 0 Å². The van der Waals surface area contributed by atoms with Crippen LogP contribution in [0.4, 0.5) is 0 Å². The van der Waals surface area contributed by atoms with Crippen molar-refractivity contribution in [1.29, 1.82) is 0 Å². The highest BCUT2D eigenvalue weighted by Gasteiger charge is 2.09. The number of hydrogen-bond donors (Lipinski definition) is 2. The van der Waals surface area contributed by atoms with Crippen LogP contribution >= 0.6 is 11.3 Å². The molecule has 2 rings (SSSR count).